The van der Waals surface area contributed by atoms with E-state index < -0.39 is 5.97 Å². The number of rotatable bonds is 4. The predicted octanol–water partition coefficient (Wildman–Crippen LogP) is 2.83. The van der Waals surface area contributed by atoms with E-state index in [0.717, 1.165) is 5.13 Å². The molecule has 0 aromatic carbocycles. The zero-order valence-corrected chi connectivity index (χ0v) is 10.1. The molecule has 2 rings (SSSR count). The van der Waals surface area contributed by atoms with Crippen molar-refractivity contribution in [1.82, 2.24) is 4.98 Å². The number of thiazole rings is 1. The highest BCUT2D eigenvalue weighted by Crippen LogP contribution is 2.30. The van der Waals surface area contributed by atoms with Crippen LogP contribution in [0.5, 0.6) is 0 Å². The maximum absolute atomic E-state index is 10.7. The summed E-state index contributed by atoms with van der Waals surface area (Å²) in [6.45, 7) is 2.15. The van der Waals surface area contributed by atoms with Gasteiger partial charge < -0.3 is 10.4 Å². The number of aromatic nitrogens is 1. The first-order chi connectivity index (χ1) is 7.66. The van der Waals surface area contributed by atoms with Crippen molar-refractivity contribution in [3.8, 4) is 0 Å². The third-order valence-electron chi connectivity index (χ3n) is 3.17. The van der Waals surface area contributed by atoms with E-state index in [0.29, 0.717) is 16.8 Å². The smallest absolute Gasteiger partial charge is 0.347 e. The van der Waals surface area contributed by atoms with Gasteiger partial charge in [-0.2, -0.15) is 0 Å². The molecule has 1 atom stereocenters. The van der Waals surface area contributed by atoms with Crippen molar-refractivity contribution in [3.63, 3.8) is 0 Å². The largest absolute Gasteiger partial charge is 0.477 e. The highest BCUT2D eigenvalue weighted by molar-refractivity contribution is 7.17. The van der Waals surface area contributed by atoms with Gasteiger partial charge in [-0.3, -0.25) is 0 Å². The number of hydrogen-bond donors (Lipinski definition) is 2. The Kier molecular flexibility index (Phi) is 3.43. The van der Waals surface area contributed by atoms with Gasteiger partial charge >= 0.3 is 5.97 Å². The summed E-state index contributed by atoms with van der Waals surface area (Å²) < 4.78 is 0. The molecule has 0 aliphatic heterocycles. The van der Waals surface area contributed by atoms with Gasteiger partial charge in [-0.15, -0.1) is 0 Å². The lowest BCUT2D eigenvalue weighted by Crippen LogP contribution is -2.23. The van der Waals surface area contributed by atoms with Gasteiger partial charge in [0.25, 0.3) is 0 Å². The monoisotopic (exact) mass is 240 g/mol. The standard InChI is InChI=1S/C11H16N2O2S/c1-7(8-4-2-3-5-8)13-11-12-6-9(16-11)10(14)15/h6-8H,2-5H2,1H3,(H,12,13)(H,14,15). The van der Waals surface area contributed by atoms with E-state index in [2.05, 4.69) is 17.2 Å². The zero-order valence-electron chi connectivity index (χ0n) is 9.27. The fourth-order valence-corrected chi connectivity index (χ4v) is 2.96. The molecule has 5 heteroatoms. The van der Waals surface area contributed by atoms with Crippen molar-refractivity contribution in [2.24, 2.45) is 5.92 Å². The summed E-state index contributed by atoms with van der Waals surface area (Å²) in [5, 5.41) is 12.8. The van der Waals surface area contributed by atoms with E-state index in [4.69, 9.17) is 5.11 Å². The number of anilines is 1. The van der Waals surface area contributed by atoms with Crippen LogP contribution in [0.2, 0.25) is 0 Å². The Labute approximate surface area is 98.7 Å². The maximum atomic E-state index is 10.7. The van der Waals surface area contributed by atoms with Crippen molar-refractivity contribution < 1.29 is 9.90 Å². The molecule has 1 aliphatic carbocycles. The molecular formula is C11H16N2O2S. The molecule has 4 nitrogen and oxygen atoms in total. The lowest BCUT2D eigenvalue weighted by Gasteiger charge is -2.19. The molecular weight excluding hydrogens is 224 g/mol. The van der Waals surface area contributed by atoms with Gasteiger partial charge in [-0.25, -0.2) is 9.78 Å². The molecule has 0 bridgehead atoms. The Morgan fingerprint density at radius 2 is 2.31 bits per heavy atom. The van der Waals surface area contributed by atoms with Gasteiger partial charge in [0.05, 0.1) is 6.20 Å². The van der Waals surface area contributed by atoms with E-state index in [1.165, 1.54) is 43.2 Å². The highest BCUT2D eigenvalue weighted by Gasteiger charge is 2.22. The lowest BCUT2D eigenvalue weighted by molar-refractivity contribution is 0.0702. The van der Waals surface area contributed by atoms with Crippen LogP contribution in [0.3, 0.4) is 0 Å². The fourth-order valence-electron chi connectivity index (χ4n) is 2.21. The molecule has 1 aliphatic rings. The van der Waals surface area contributed by atoms with Gasteiger partial charge in [-0.1, -0.05) is 24.2 Å². The highest BCUT2D eigenvalue weighted by atomic mass is 32.1. The Morgan fingerprint density at radius 3 is 2.88 bits per heavy atom. The van der Waals surface area contributed by atoms with Crippen molar-refractivity contribution >= 4 is 22.4 Å². The Hall–Kier alpha value is -1.10. The molecule has 1 unspecified atom stereocenters. The summed E-state index contributed by atoms with van der Waals surface area (Å²) >= 11 is 1.21. The summed E-state index contributed by atoms with van der Waals surface area (Å²) in [5.41, 5.74) is 0. The second kappa shape index (κ2) is 4.82. The molecule has 1 saturated carbocycles. The fraction of sp³-hybridized carbons (Fsp3) is 0.636. The SMILES string of the molecule is CC(Nc1ncc(C(=O)O)s1)C1CCCC1. The molecule has 0 spiro atoms. The van der Waals surface area contributed by atoms with Crippen LogP contribution >= 0.6 is 11.3 Å². The maximum Gasteiger partial charge on any atom is 0.347 e. The van der Waals surface area contributed by atoms with Crippen LogP contribution in [0.1, 0.15) is 42.3 Å². The van der Waals surface area contributed by atoms with E-state index in [-0.39, 0.29) is 0 Å². The Balaban J connectivity index is 1.94. The number of carbonyl (C=O) groups is 1. The van der Waals surface area contributed by atoms with Crippen molar-refractivity contribution in [3.05, 3.63) is 11.1 Å². The van der Waals surface area contributed by atoms with Gasteiger partial charge in [0.15, 0.2) is 5.13 Å². The van der Waals surface area contributed by atoms with E-state index >= 15 is 0 Å². The van der Waals surface area contributed by atoms with Gasteiger partial charge in [0.1, 0.15) is 4.88 Å². The van der Waals surface area contributed by atoms with Gasteiger partial charge in [0, 0.05) is 6.04 Å². The summed E-state index contributed by atoms with van der Waals surface area (Å²) in [4.78, 5) is 15.1. The second-order valence-corrected chi connectivity index (χ2v) is 5.34. The quantitative estimate of drug-likeness (QED) is 0.849. The summed E-state index contributed by atoms with van der Waals surface area (Å²) in [5.74, 6) is -0.198. The molecule has 1 heterocycles. The Bertz CT molecular complexity index is 372. The number of aromatic carboxylic acids is 1. The van der Waals surface area contributed by atoms with Crippen molar-refractivity contribution in [1.29, 1.82) is 0 Å². The van der Waals surface area contributed by atoms with Gasteiger partial charge in [-0.05, 0) is 25.7 Å². The van der Waals surface area contributed by atoms with Crippen molar-refractivity contribution in [2.75, 3.05) is 5.32 Å². The molecule has 2 N–H and O–H groups in total. The lowest BCUT2D eigenvalue weighted by atomic mass is 10.0. The van der Waals surface area contributed by atoms with Crippen LogP contribution in [0, 0.1) is 5.92 Å². The minimum absolute atomic E-state index is 0.293. The molecule has 1 aromatic rings. The van der Waals surface area contributed by atoms with Crippen LogP contribution in [0.15, 0.2) is 6.20 Å². The van der Waals surface area contributed by atoms with Crippen LogP contribution in [-0.2, 0) is 0 Å². The topological polar surface area (TPSA) is 62.2 Å². The first kappa shape index (κ1) is 11.4. The van der Waals surface area contributed by atoms with Crippen molar-refractivity contribution in [2.45, 2.75) is 38.6 Å². The number of nitrogens with one attached hydrogen (secondary N) is 1. The average molecular weight is 240 g/mol. The summed E-state index contributed by atoms with van der Waals surface area (Å²) in [6.07, 6.45) is 6.58. The second-order valence-electron chi connectivity index (χ2n) is 4.31. The van der Waals surface area contributed by atoms with E-state index in [1.807, 2.05) is 0 Å². The molecule has 0 saturated heterocycles. The number of carboxylic acid groups (broad SMARTS) is 1. The number of hydrogen-bond acceptors (Lipinski definition) is 4. The summed E-state index contributed by atoms with van der Waals surface area (Å²) in [6, 6.07) is 0.385. The van der Waals surface area contributed by atoms with Crippen LogP contribution < -0.4 is 5.32 Å². The first-order valence-electron chi connectivity index (χ1n) is 5.62. The average Bonchev–Trinajstić information content (AvgIpc) is 2.87. The van der Waals surface area contributed by atoms with E-state index in [9.17, 15) is 4.79 Å². The van der Waals surface area contributed by atoms with Crippen LogP contribution in [-0.4, -0.2) is 22.1 Å². The van der Waals surface area contributed by atoms with Crippen LogP contribution in [0.25, 0.3) is 0 Å². The molecule has 1 fully saturated rings. The normalized spacial score (nSPS) is 18.6. The third kappa shape index (κ3) is 2.52. The molecule has 16 heavy (non-hydrogen) atoms. The molecule has 1 aromatic heterocycles. The first-order valence-corrected chi connectivity index (χ1v) is 6.44. The van der Waals surface area contributed by atoms with E-state index in [1.54, 1.807) is 0 Å². The zero-order chi connectivity index (χ0) is 11.5. The Morgan fingerprint density at radius 1 is 1.62 bits per heavy atom. The van der Waals surface area contributed by atoms with Crippen LogP contribution in [0.4, 0.5) is 5.13 Å². The number of carboxylic acids is 1. The third-order valence-corrected chi connectivity index (χ3v) is 4.09. The molecule has 0 amide bonds. The molecule has 88 valence electrons. The predicted molar refractivity (Wildman–Crippen MR) is 64.1 cm³/mol. The minimum atomic E-state index is -0.904. The summed E-state index contributed by atoms with van der Waals surface area (Å²) in [7, 11) is 0. The molecule has 0 radical (unpaired) electrons. The minimum Gasteiger partial charge on any atom is -0.477 e. The van der Waals surface area contributed by atoms with Gasteiger partial charge in [0.2, 0.25) is 0 Å². The number of nitrogens with zero attached hydrogens (tertiary/aromatic N) is 1.